The molecule has 17 heavy (non-hydrogen) atoms. The summed E-state index contributed by atoms with van der Waals surface area (Å²) < 4.78 is 0. The predicted octanol–water partition coefficient (Wildman–Crippen LogP) is 2.28. The monoisotopic (exact) mass is 253 g/mol. The second-order valence-corrected chi connectivity index (χ2v) is 5.20. The Morgan fingerprint density at radius 1 is 1.59 bits per heavy atom. The van der Waals surface area contributed by atoms with Gasteiger partial charge in [0.05, 0.1) is 0 Å². The zero-order valence-corrected chi connectivity index (χ0v) is 11.0. The Kier molecular flexibility index (Phi) is 5.94. The summed E-state index contributed by atoms with van der Waals surface area (Å²) in [5.41, 5.74) is 0. The molecule has 0 radical (unpaired) electrons. The van der Waals surface area contributed by atoms with Gasteiger partial charge in [0, 0.05) is 23.6 Å². The number of aliphatic hydroxyl groups excluding tert-OH is 1. The Balaban J connectivity index is 2.47. The molecule has 0 aliphatic carbocycles. The molecule has 0 aliphatic rings. The van der Waals surface area contributed by atoms with Gasteiger partial charge in [0.2, 0.25) is 5.91 Å². The van der Waals surface area contributed by atoms with E-state index < -0.39 is 0 Å². The first kappa shape index (κ1) is 13.9. The van der Waals surface area contributed by atoms with Crippen LogP contribution in [0.4, 0.5) is 0 Å². The summed E-state index contributed by atoms with van der Waals surface area (Å²) in [7, 11) is 0. The van der Waals surface area contributed by atoms with Crippen molar-refractivity contribution in [3.8, 4) is 0 Å². The fourth-order valence-corrected chi connectivity index (χ4v) is 2.10. The fraction of sp³-hybridized carbons (Fsp3) is 0.462. The molecule has 1 heterocycles. The SMILES string of the molecule is CC(C)C(CCO)NC(=O)/C=C/c1cccs1. The zero-order chi connectivity index (χ0) is 12.7. The van der Waals surface area contributed by atoms with E-state index in [-0.39, 0.29) is 18.6 Å². The minimum atomic E-state index is -0.106. The molecule has 0 aromatic carbocycles. The third-order valence-corrected chi connectivity index (χ3v) is 3.35. The highest BCUT2D eigenvalue weighted by Gasteiger charge is 2.13. The molecule has 1 aromatic heterocycles. The van der Waals surface area contributed by atoms with Crippen molar-refractivity contribution in [3.63, 3.8) is 0 Å². The summed E-state index contributed by atoms with van der Waals surface area (Å²) in [5.74, 6) is 0.215. The first-order chi connectivity index (χ1) is 8.13. The third-order valence-electron chi connectivity index (χ3n) is 2.51. The highest BCUT2D eigenvalue weighted by Crippen LogP contribution is 2.10. The Morgan fingerprint density at radius 3 is 2.88 bits per heavy atom. The Hall–Kier alpha value is -1.13. The quantitative estimate of drug-likeness (QED) is 0.764. The lowest BCUT2D eigenvalue weighted by Gasteiger charge is -2.20. The maximum absolute atomic E-state index is 11.7. The number of carbonyl (C=O) groups excluding carboxylic acids is 1. The largest absolute Gasteiger partial charge is 0.396 e. The fourth-order valence-electron chi connectivity index (χ4n) is 1.49. The van der Waals surface area contributed by atoms with Crippen LogP contribution in [0.15, 0.2) is 23.6 Å². The second-order valence-electron chi connectivity index (χ2n) is 4.22. The summed E-state index contributed by atoms with van der Waals surface area (Å²) in [4.78, 5) is 12.7. The van der Waals surface area contributed by atoms with Gasteiger partial charge in [0.25, 0.3) is 0 Å². The van der Waals surface area contributed by atoms with Crippen LogP contribution >= 0.6 is 11.3 Å². The van der Waals surface area contributed by atoms with Gasteiger partial charge in [0.1, 0.15) is 0 Å². The number of carbonyl (C=O) groups is 1. The van der Waals surface area contributed by atoms with E-state index in [9.17, 15) is 4.79 Å². The van der Waals surface area contributed by atoms with E-state index in [4.69, 9.17) is 5.11 Å². The number of aliphatic hydroxyl groups is 1. The third kappa shape index (κ3) is 5.15. The average molecular weight is 253 g/mol. The number of nitrogens with one attached hydrogen (secondary N) is 1. The molecule has 0 bridgehead atoms. The first-order valence-corrected chi connectivity index (χ1v) is 6.64. The van der Waals surface area contributed by atoms with E-state index in [1.807, 2.05) is 31.4 Å². The van der Waals surface area contributed by atoms with Gasteiger partial charge in [-0.2, -0.15) is 0 Å². The molecule has 0 aliphatic heterocycles. The van der Waals surface area contributed by atoms with Crippen molar-refractivity contribution < 1.29 is 9.90 Å². The summed E-state index contributed by atoms with van der Waals surface area (Å²) in [5, 5.41) is 13.8. The van der Waals surface area contributed by atoms with Gasteiger partial charge < -0.3 is 10.4 Å². The number of amides is 1. The van der Waals surface area contributed by atoms with Crippen LogP contribution in [0, 0.1) is 5.92 Å². The van der Waals surface area contributed by atoms with Crippen LogP contribution in [0.3, 0.4) is 0 Å². The molecule has 0 saturated carbocycles. The molecule has 0 saturated heterocycles. The Morgan fingerprint density at radius 2 is 2.35 bits per heavy atom. The Bertz CT molecular complexity index is 358. The van der Waals surface area contributed by atoms with Crippen molar-refractivity contribution in [2.75, 3.05) is 6.61 Å². The van der Waals surface area contributed by atoms with Crippen molar-refractivity contribution in [1.82, 2.24) is 5.32 Å². The van der Waals surface area contributed by atoms with Gasteiger partial charge in [-0.25, -0.2) is 0 Å². The highest BCUT2D eigenvalue weighted by atomic mass is 32.1. The van der Waals surface area contributed by atoms with E-state index in [0.717, 1.165) is 4.88 Å². The van der Waals surface area contributed by atoms with Crippen molar-refractivity contribution in [2.24, 2.45) is 5.92 Å². The molecule has 1 atom stereocenters. The maximum atomic E-state index is 11.7. The molecule has 3 nitrogen and oxygen atoms in total. The molecule has 1 aromatic rings. The number of rotatable bonds is 6. The molecular formula is C13H19NO2S. The molecular weight excluding hydrogens is 234 g/mol. The summed E-state index contributed by atoms with van der Waals surface area (Å²) in [6, 6.07) is 3.94. The van der Waals surface area contributed by atoms with Gasteiger partial charge in [0.15, 0.2) is 0 Å². The molecule has 2 N–H and O–H groups in total. The topological polar surface area (TPSA) is 49.3 Å². The minimum absolute atomic E-state index is 0.0282. The summed E-state index contributed by atoms with van der Waals surface area (Å²) in [6.07, 6.45) is 3.94. The van der Waals surface area contributed by atoms with Crippen LogP contribution in [-0.2, 0) is 4.79 Å². The second kappa shape index (κ2) is 7.25. The molecule has 1 unspecified atom stereocenters. The van der Waals surface area contributed by atoms with Crippen LogP contribution in [0.25, 0.3) is 6.08 Å². The van der Waals surface area contributed by atoms with E-state index in [0.29, 0.717) is 12.3 Å². The molecule has 1 rings (SSSR count). The van der Waals surface area contributed by atoms with Crippen LogP contribution in [0.1, 0.15) is 25.1 Å². The number of hydrogen-bond acceptors (Lipinski definition) is 3. The van der Waals surface area contributed by atoms with Crippen molar-refractivity contribution in [3.05, 3.63) is 28.5 Å². The van der Waals surface area contributed by atoms with Gasteiger partial charge in [-0.1, -0.05) is 19.9 Å². The highest BCUT2D eigenvalue weighted by molar-refractivity contribution is 7.10. The zero-order valence-electron chi connectivity index (χ0n) is 10.2. The molecule has 1 amide bonds. The van der Waals surface area contributed by atoms with Gasteiger partial charge in [-0.15, -0.1) is 11.3 Å². The van der Waals surface area contributed by atoms with E-state index in [1.54, 1.807) is 23.5 Å². The first-order valence-electron chi connectivity index (χ1n) is 5.76. The van der Waals surface area contributed by atoms with E-state index in [2.05, 4.69) is 5.32 Å². The molecule has 0 fully saturated rings. The standard InChI is InChI=1S/C13H19NO2S/c1-10(2)12(7-8-15)14-13(16)6-5-11-4-3-9-17-11/h3-6,9-10,12,15H,7-8H2,1-2H3,(H,14,16)/b6-5+. The van der Waals surface area contributed by atoms with Crippen LogP contribution < -0.4 is 5.32 Å². The van der Waals surface area contributed by atoms with E-state index in [1.165, 1.54) is 0 Å². The summed E-state index contributed by atoms with van der Waals surface area (Å²) in [6.45, 7) is 4.16. The van der Waals surface area contributed by atoms with Crippen molar-refractivity contribution >= 4 is 23.3 Å². The lowest BCUT2D eigenvalue weighted by atomic mass is 10.0. The van der Waals surface area contributed by atoms with Crippen molar-refractivity contribution in [1.29, 1.82) is 0 Å². The van der Waals surface area contributed by atoms with Gasteiger partial charge in [-0.05, 0) is 29.9 Å². The van der Waals surface area contributed by atoms with Crippen LogP contribution in [0.2, 0.25) is 0 Å². The Labute approximate surface area is 106 Å². The van der Waals surface area contributed by atoms with Crippen LogP contribution in [-0.4, -0.2) is 23.7 Å². The van der Waals surface area contributed by atoms with Crippen molar-refractivity contribution in [2.45, 2.75) is 26.3 Å². The van der Waals surface area contributed by atoms with Gasteiger partial charge in [-0.3, -0.25) is 4.79 Å². The normalized spacial score (nSPS) is 13.2. The molecule has 4 heteroatoms. The maximum Gasteiger partial charge on any atom is 0.244 e. The van der Waals surface area contributed by atoms with Gasteiger partial charge >= 0.3 is 0 Å². The summed E-state index contributed by atoms with van der Waals surface area (Å²) >= 11 is 1.59. The molecule has 94 valence electrons. The number of thiophene rings is 1. The lowest BCUT2D eigenvalue weighted by molar-refractivity contribution is -0.117. The predicted molar refractivity (Wildman–Crippen MR) is 71.8 cm³/mol. The van der Waals surface area contributed by atoms with Crippen LogP contribution in [0.5, 0.6) is 0 Å². The number of hydrogen-bond donors (Lipinski definition) is 2. The smallest absolute Gasteiger partial charge is 0.244 e. The van der Waals surface area contributed by atoms with E-state index >= 15 is 0 Å². The minimum Gasteiger partial charge on any atom is -0.396 e. The average Bonchev–Trinajstić information content (AvgIpc) is 2.78. The molecule has 0 spiro atoms. The lowest BCUT2D eigenvalue weighted by Crippen LogP contribution is -2.38.